The molecule has 1 N–H and O–H groups in total. The predicted molar refractivity (Wildman–Crippen MR) is 102 cm³/mol. The third kappa shape index (κ3) is 4.46. The van der Waals surface area contributed by atoms with E-state index in [0.29, 0.717) is 5.75 Å². The number of nitrogens with zero attached hydrogens (tertiary/aromatic N) is 2. The molecular weight excluding hydrogens is 348 g/mol. The van der Waals surface area contributed by atoms with Crippen LogP contribution in [-0.2, 0) is 10.5 Å². The first-order valence-electron chi connectivity index (χ1n) is 8.21. The largest absolute Gasteiger partial charge is 0.482 e. The highest BCUT2D eigenvalue weighted by molar-refractivity contribution is 7.98. The molecule has 1 heterocycles. The van der Waals surface area contributed by atoms with Gasteiger partial charge < -0.3 is 9.84 Å². The maximum atomic E-state index is 10.6. The van der Waals surface area contributed by atoms with Gasteiger partial charge in [0.05, 0.1) is 11.4 Å². The third-order valence-corrected chi connectivity index (χ3v) is 4.96. The first-order valence-corrected chi connectivity index (χ1v) is 9.20. The highest BCUT2D eigenvalue weighted by Crippen LogP contribution is 2.29. The lowest BCUT2D eigenvalue weighted by Crippen LogP contribution is -2.09. The van der Waals surface area contributed by atoms with Crippen LogP contribution in [0.5, 0.6) is 5.75 Å². The van der Waals surface area contributed by atoms with E-state index < -0.39 is 5.97 Å². The molecule has 0 unspecified atom stereocenters. The van der Waals surface area contributed by atoms with E-state index in [1.165, 1.54) is 5.56 Å². The molecule has 3 rings (SSSR count). The number of thioether (sulfide) groups is 1. The Bertz CT molecular complexity index is 907. The van der Waals surface area contributed by atoms with Crippen molar-refractivity contribution in [3.05, 3.63) is 71.5 Å². The van der Waals surface area contributed by atoms with Crippen molar-refractivity contribution < 1.29 is 14.6 Å². The fourth-order valence-electron chi connectivity index (χ4n) is 2.52. The molecule has 0 atom stereocenters. The highest BCUT2D eigenvalue weighted by Gasteiger charge is 2.09. The Morgan fingerprint density at radius 2 is 1.96 bits per heavy atom. The van der Waals surface area contributed by atoms with Crippen molar-refractivity contribution in [2.45, 2.75) is 24.5 Å². The molecule has 2 aromatic carbocycles. The molecule has 0 bridgehead atoms. The van der Waals surface area contributed by atoms with Crippen LogP contribution in [0.3, 0.4) is 0 Å². The van der Waals surface area contributed by atoms with Crippen LogP contribution in [0.15, 0.2) is 59.6 Å². The number of aromatic nitrogens is 2. The van der Waals surface area contributed by atoms with Gasteiger partial charge in [0.1, 0.15) is 5.75 Å². The maximum absolute atomic E-state index is 10.6. The second kappa shape index (κ2) is 8.10. The molecule has 0 amide bonds. The first kappa shape index (κ1) is 18.1. The Balaban J connectivity index is 1.67. The molecule has 26 heavy (non-hydrogen) atoms. The van der Waals surface area contributed by atoms with E-state index in [-0.39, 0.29) is 6.61 Å². The molecule has 0 aliphatic rings. The summed E-state index contributed by atoms with van der Waals surface area (Å²) < 4.78 is 7.17. The standard InChI is InChI=1S/C20H20N2O3S/c1-14-10-18(8-9-19(14)25-12-20(23)24)26-13-16-11-22(21-15(16)2)17-6-4-3-5-7-17/h3-11H,12-13H2,1-2H3,(H,23,24). The average molecular weight is 368 g/mol. The second-order valence-corrected chi connectivity index (χ2v) is 6.97. The van der Waals surface area contributed by atoms with Gasteiger partial charge in [-0.25, -0.2) is 9.48 Å². The molecule has 134 valence electrons. The van der Waals surface area contributed by atoms with Gasteiger partial charge in [-0.2, -0.15) is 5.10 Å². The van der Waals surface area contributed by atoms with Crippen LogP contribution in [0.2, 0.25) is 0 Å². The van der Waals surface area contributed by atoms with Gasteiger partial charge in [0.15, 0.2) is 6.61 Å². The maximum Gasteiger partial charge on any atom is 0.341 e. The number of benzene rings is 2. The van der Waals surface area contributed by atoms with E-state index in [1.54, 1.807) is 11.8 Å². The number of hydrogen-bond donors (Lipinski definition) is 1. The van der Waals surface area contributed by atoms with Crippen LogP contribution in [0.25, 0.3) is 5.69 Å². The zero-order valence-corrected chi connectivity index (χ0v) is 15.5. The van der Waals surface area contributed by atoms with Gasteiger partial charge in [-0.3, -0.25) is 0 Å². The van der Waals surface area contributed by atoms with Crippen molar-refractivity contribution in [2.75, 3.05) is 6.61 Å². The third-order valence-electron chi connectivity index (χ3n) is 3.91. The number of carboxylic acid groups (broad SMARTS) is 1. The van der Waals surface area contributed by atoms with Crippen molar-refractivity contribution >= 4 is 17.7 Å². The zero-order chi connectivity index (χ0) is 18.5. The molecule has 3 aromatic rings. The molecular formula is C20H20N2O3S. The van der Waals surface area contributed by atoms with Gasteiger partial charge in [-0.1, -0.05) is 18.2 Å². The topological polar surface area (TPSA) is 64.4 Å². The van der Waals surface area contributed by atoms with E-state index >= 15 is 0 Å². The van der Waals surface area contributed by atoms with Gasteiger partial charge in [0.25, 0.3) is 0 Å². The van der Waals surface area contributed by atoms with Crippen LogP contribution >= 0.6 is 11.8 Å². The average Bonchev–Trinajstić information content (AvgIpc) is 3.00. The minimum absolute atomic E-state index is 0.328. The number of rotatable bonds is 7. The van der Waals surface area contributed by atoms with E-state index in [9.17, 15) is 4.79 Å². The fourth-order valence-corrected chi connectivity index (χ4v) is 3.55. The summed E-state index contributed by atoms with van der Waals surface area (Å²) in [6.07, 6.45) is 2.06. The number of carboxylic acids is 1. The molecule has 0 saturated heterocycles. The summed E-state index contributed by atoms with van der Waals surface area (Å²) in [5.74, 6) is 0.437. The van der Waals surface area contributed by atoms with Crippen LogP contribution in [0.1, 0.15) is 16.8 Å². The Hall–Kier alpha value is -2.73. The molecule has 0 spiro atoms. The van der Waals surface area contributed by atoms with Gasteiger partial charge >= 0.3 is 5.97 Å². The predicted octanol–water partition coefficient (Wildman–Crippen LogP) is 4.24. The summed E-state index contributed by atoms with van der Waals surface area (Å²) in [6.45, 7) is 3.61. The lowest BCUT2D eigenvalue weighted by molar-refractivity contribution is -0.139. The summed E-state index contributed by atoms with van der Waals surface area (Å²) in [6, 6.07) is 15.8. The Kier molecular flexibility index (Phi) is 5.63. The van der Waals surface area contributed by atoms with Crippen molar-refractivity contribution in [2.24, 2.45) is 0 Å². The summed E-state index contributed by atoms with van der Waals surface area (Å²) in [4.78, 5) is 11.7. The number of carbonyl (C=O) groups is 1. The monoisotopic (exact) mass is 368 g/mol. The zero-order valence-electron chi connectivity index (χ0n) is 14.7. The van der Waals surface area contributed by atoms with E-state index in [0.717, 1.165) is 27.6 Å². The Morgan fingerprint density at radius 1 is 1.19 bits per heavy atom. The fraction of sp³-hybridized carbons (Fsp3) is 0.200. The number of ether oxygens (including phenoxy) is 1. The quantitative estimate of drug-likeness (QED) is 0.632. The highest BCUT2D eigenvalue weighted by atomic mass is 32.2. The van der Waals surface area contributed by atoms with Crippen molar-refractivity contribution in [3.8, 4) is 11.4 Å². The van der Waals surface area contributed by atoms with E-state index in [2.05, 4.69) is 11.3 Å². The Morgan fingerprint density at radius 3 is 2.65 bits per heavy atom. The molecule has 0 aliphatic carbocycles. The summed E-state index contributed by atoms with van der Waals surface area (Å²) in [5, 5.41) is 13.3. The van der Waals surface area contributed by atoms with Crippen molar-refractivity contribution in [3.63, 3.8) is 0 Å². The van der Waals surface area contributed by atoms with E-state index in [1.807, 2.05) is 67.1 Å². The summed E-state index contributed by atoms with van der Waals surface area (Å²) >= 11 is 1.72. The Labute approximate surface area is 156 Å². The number of para-hydroxylation sites is 1. The van der Waals surface area contributed by atoms with Crippen molar-refractivity contribution in [1.82, 2.24) is 9.78 Å². The first-order chi connectivity index (χ1) is 12.5. The van der Waals surface area contributed by atoms with Gasteiger partial charge in [-0.15, -0.1) is 11.8 Å². The number of aliphatic carboxylic acids is 1. The minimum Gasteiger partial charge on any atom is -0.482 e. The minimum atomic E-state index is -0.978. The lowest BCUT2D eigenvalue weighted by atomic mass is 10.2. The molecule has 1 aromatic heterocycles. The molecule has 0 fully saturated rings. The SMILES string of the molecule is Cc1cc(SCc2cn(-c3ccccc3)nc2C)ccc1OCC(=O)O. The summed E-state index contributed by atoms with van der Waals surface area (Å²) in [7, 11) is 0. The molecule has 0 aliphatic heterocycles. The van der Waals surface area contributed by atoms with Crippen LogP contribution in [0, 0.1) is 13.8 Å². The summed E-state index contributed by atoms with van der Waals surface area (Å²) in [5.41, 5.74) is 4.16. The number of hydrogen-bond acceptors (Lipinski definition) is 4. The number of aryl methyl sites for hydroxylation is 2. The van der Waals surface area contributed by atoms with Crippen LogP contribution in [-0.4, -0.2) is 27.5 Å². The molecule has 6 heteroatoms. The van der Waals surface area contributed by atoms with Gasteiger partial charge in [0.2, 0.25) is 0 Å². The van der Waals surface area contributed by atoms with Gasteiger partial charge in [-0.05, 0) is 49.7 Å². The molecule has 5 nitrogen and oxygen atoms in total. The smallest absolute Gasteiger partial charge is 0.341 e. The van der Waals surface area contributed by atoms with Gasteiger partial charge in [0, 0.05) is 22.4 Å². The molecule has 0 radical (unpaired) electrons. The second-order valence-electron chi connectivity index (χ2n) is 5.92. The van der Waals surface area contributed by atoms with Crippen LogP contribution < -0.4 is 4.74 Å². The van der Waals surface area contributed by atoms with E-state index in [4.69, 9.17) is 9.84 Å². The molecule has 0 saturated carbocycles. The lowest BCUT2D eigenvalue weighted by Gasteiger charge is -2.09. The van der Waals surface area contributed by atoms with Crippen LogP contribution in [0.4, 0.5) is 0 Å². The normalized spacial score (nSPS) is 10.7. The van der Waals surface area contributed by atoms with Crippen molar-refractivity contribution in [1.29, 1.82) is 0 Å².